The molecule has 0 unspecified atom stereocenters. The Kier molecular flexibility index (Phi) is 4.56. The van der Waals surface area contributed by atoms with Crippen LogP contribution < -0.4 is 5.73 Å². The zero-order valence-electron chi connectivity index (χ0n) is 10.7. The molecule has 0 radical (unpaired) electrons. The van der Waals surface area contributed by atoms with Gasteiger partial charge in [0.05, 0.1) is 0 Å². The first-order valence-electron chi connectivity index (χ1n) is 6.01. The van der Waals surface area contributed by atoms with Gasteiger partial charge in [-0.1, -0.05) is 34.1 Å². The molecule has 0 atom stereocenters. The predicted molar refractivity (Wildman–Crippen MR) is 80.1 cm³/mol. The number of benzene rings is 2. The minimum Gasteiger partial charge on any atom is -0.399 e. The number of nitrogens with two attached hydrogens (primary N) is 1. The first-order chi connectivity index (χ1) is 9.04. The molecule has 0 spiro atoms. The van der Waals surface area contributed by atoms with Crippen LogP contribution in [0.3, 0.4) is 0 Å². The van der Waals surface area contributed by atoms with Crippen LogP contribution >= 0.6 is 15.9 Å². The summed E-state index contributed by atoms with van der Waals surface area (Å²) < 4.78 is 14.7. The molecular weight excluding hydrogens is 307 g/mol. The van der Waals surface area contributed by atoms with Crippen LogP contribution in [0, 0.1) is 5.82 Å². The van der Waals surface area contributed by atoms with E-state index in [0.29, 0.717) is 17.8 Å². The summed E-state index contributed by atoms with van der Waals surface area (Å²) >= 11 is 3.41. The summed E-state index contributed by atoms with van der Waals surface area (Å²) in [5.41, 5.74) is 7.85. The summed E-state index contributed by atoms with van der Waals surface area (Å²) in [6.45, 7) is 1.33. The second kappa shape index (κ2) is 6.17. The van der Waals surface area contributed by atoms with Gasteiger partial charge in [0.15, 0.2) is 0 Å². The maximum absolute atomic E-state index is 13.7. The van der Waals surface area contributed by atoms with E-state index < -0.39 is 0 Å². The molecule has 4 heteroatoms. The highest BCUT2D eigenvalue weighted by Gasteiger charge is 2.06. The van der Waals surface area contributed by atoms with E-state index in [-0.39, 0.29) is 5.82 Å². The summed E-state index contributed by atoms with van der Waals surface area (Å²) in [5.74, 6) is -0.248. The van der Waals surface area contributed by atoms with Crippen molar-refractivity contribution >= 4 is 21.6 Å². The Hall–Kier alpha value is -1.39. The van der Waals surface area contributed by atoms with Gasteiger partial charge in [0.2, 0.25) is 0 Å². The minimum atomic E-state index is -0.248. The molecule has 100 valence electrons. The summed E-state index contributed by atoms with van der Waals surface area (Å²) in [6.07, 6.45) is 0. The fraction of sp³-hybridized carbons (Fsp3) is 0.200. The third kappa shape index (κ3) is 4.04. The van der Waals surface area contributed by atoms with Crippen LogP contribution in [0.25, 0.3) is 0 Å². The molecule has 0 saturated heterocycles. The summed E-state index contributed by atoms with van der Waals surface area (Å²) in [5, 5.41) is 0. The summed E-state index contributed by atoms with van der Waals surface area (Å²) in [7, 11) is 1.97. The molecule has 2 rings (SSSR count). The van der Waals surface area contributed by atoms with Gasteiger partial charge < -0.3 is 5.73 Å². The molecule has 0 heterocycles. The quantitative estimate of drug-likeness (QED) is 0.867. The minimum absolute atomic E-state index is 0.248. The standard InChI is InChI=1S/C15H16BrFN2/c1-19(9-11-2-5-13(16)6-3-11)10-12-4-7-14(18)8-15(12)17/h2-8H,9-10,18H2,1H3. The van der Waals surface area contributed by atoms with Crippen LogP contribution in [-0.4, -0.2) is 11.9 Å². The van der Waals surface area contributed by atoms with E-state index in [2.05, 4.69) is 33.0 Å². The third-order valence-electron chi connectivity index (χ3n) is 2.88. The summed E-state index contributed by atoms with van der Waals surface area (Å²) in [6, 6.07) is 13.0. The predicted octanol–water partition coefficient (Wildman–Crippen LogP) is 3.80. The van der Waals surface area contributed by atoms with Crippen LogP contribution in [-0.2, 0) is 13.1 Å². The molecule has 0 fully saturated rings. The van der Waals surface area contributed by atoms with E-state index in [1.54, 1.807) is 12.1 Å². The largest absolute Gasteiger partial charge is 0.399 e. The number of hydrogen-bond donors (Lipinski definition) is 1. The smallest absolute Gasteiger partial charge is 0.129 e. The van der Waals surface area contributed by atoms with Gasteiger partial charge in [0.25, 0.3) is 0 Å². The molecule has 0 bridgehead atoms. The Labute approximate surface area is 121 Å². The normalized spacial score (nSPS) is 10.9. The van der Waals surface area contributed by atoms with Crippen LogP contribution in [0.15, 0.2) is 46.9 Å². The average Bonchev–Trinajstić information content (AvgIpc) is 2.36. The maximum Gasteiger partial charge on any atom is 0.129 e. The number of nitrogens with zero attached hydrogens (tertiary/aromatic N) is 1. The first kappa shape index (κ1) is 14.0. The van der Waals surface area contributed by atoms with Gasteiger partial charge in [-0.25, -0.2) is 4.39 Å². The second-order valence-electron chi connectivity index (χ2n) is 4.65. The lowest BCUT2D eigenvalue weighted by Gasteiger charge is -2.17. The van der Waals surface area contributed by atoms with E-state index in [4.69, 9.17) is 5.73 Å². The number of hydrogen-bond acceptors (Lipinski definition) is 2. The number of rotatable bonds is 4. The highest BCUT2D eigenvalue weighted by Crippen LogP contribution is 2.16. The van der Waals surface area contributed by atoms with Crippen molar-refractivity contribution in [2.75, 3.05) is 12.8 Å². The highest BCUT2D eigenvalue weighted by molar-refractivity contribution is 9.10. The van der Waals surface area contributed by atoms with Crippen LogP contribution in [0.5, 0.6) is 0 Å². The van der Waals surface area contributed by atoms with Gasteiger partial charge in [-0.3, -0.25) is 4.90 Å². The molecule has 0 aliphatic rings. The van der Waals surface area contributed by atoms with Gasteiger partial charge in [-0.05, 0) is 36.9 Å². The topological polar surface area (TPSA) is 29.3 Å². The fourth-order valence-electron chi connectivity index (χ4n) is 1.94. The number of nitrogen functional groups attached to an aromatic ring is 1. The van der Waals surface area contributed by atoms with Gasteiger partial charge in [-0.2, -0.15) is 0 Å². The van der Waals surface area contributed by atoms with Crippen LogP contribution in [0.1, 0.15) is 11.1 Å². The lowest BCUT2D eigenvalue weighted by Crippen LogP contribution is -2.18. The lowest BCUT2D eigenvalue weighted by molar-refractivity contribution is 0.313. The van der Waals surface area contributed by atoms with Crippen molar-refractivity contribution in [2.24, 2.45) is 0 Å². The van der Waals surface area contributed by atoms with Gasteiger partial charge in [-0.15, -0.1) is 0 Å². The van der Waals surface area contributed by atoms with Crippen LogP contribution in [0.4, 0.5) is 10.1 Å². The van der Waals surface area contributed by atoms with Crippen molar-refractivity contribution in [1.82, 2.24) is 4.90 Å². The third-order valence-corrected chi connectivity index (χ3v) is 3.41. The van der Waals surface area contributed by atoms with Gasteiger partial charge >= 0.3 is 0 Å². The molecule has 2 N–H and O–H groups in total. The van der Waals surface area contributed by atoms with Gasteiger partial charge in [0, 0.05) is 28.8 Å². The maximum atomic E-state index is 13.7. The average molecular weight is 323 g/mol. The lowest BCUT2D eigenvalue weighted by atomic mass is 10.1. The Balaban J connectivity index is 2.01. The van der Waals surface area contributed by atoms with Crippen LogP contribution in [0.2, 0.25) is 0 Å². The van der Waals surface area contributed by atoms with Crippen molar-refractivity contribution in [3.8, 4) is 0 Å². The number of anilines is 1. The van der Waals surface area contributed by atoms with Gasteiger partial charge in [0.1, 0.15) is 5.82 Å². The zero-order chi connectivity index (χ0) is 13.8. The monoisotopic (exact) mass is 322 g/mol. The molecule has 2 nitrogen and oxygen atoms in total. The summed E-state index contributed by atoms with van der Waals surface area (Å²) in [4.78, 5) is 2.07. The van der Waals surface area contributed by atoms with E-state index >= 15 is 0 Å². The second-order valence-corrected chi connectivity index (χ2v) is 5.57. The SMILES string of the molecule is CN(Cc1ccc(Br)cc1)Cc1ccc(N)cc1F. The van der Waals surface area contributed by atoms with Crippen molar-refractivity contribution in [1.29, 1.82) is 0 Å². The Morgan fingerprint density at radius 2 is 1.79 bits per heavy atom. The van der Waals surface area contributed by atoms with Crippen molar-refractivity contribution in [3.63, 3.8) is 0 Å². The molecule has 19 heavy (non-hydrogen) atoms. The Morgan fingerprint density at radius 3 is 2.42 bits per heavy atom. The molecule has 0 aliphatic heterocycles. The van der Waals surface area contributed by atoms with E-state index in [9.17, 15) is 4.39 Å². The van der Waals surface area contributed by atoms with E-state index in [1.807, 2.05) is 19.2 Å². The van der Waals surface area contributed by atoms with Crippen molar-refractivity contribution in [2.45, 2.75) is 13.1 Å². The molecule has 2 aromatic carbocycles. The number of halogens is 2. The van der Waals surface area contributed by atoms with E-state index in [1.165, 1.54) is 11.6 Å². The molecular formula is C15H16BrFN2. The Bertz CT molecular complexity index is 555. The zero-order valence-corrected chi connectivity index (χ0v) is 12.3. The highest BCUT2D eigenvalue weighted by atomic mass is 79.9. The molecule has 0 aliphatic carbocycles. The van der Waals surface area contributed by atoms with E-state index in [0.717, 1.165) is 11.0 Å². The first-order valence-corrected chi connectivity index (χ1v) is 6.81. The fourth-order valence-corrected chi connectivity index (χ4v) is 2.20. The molecule has 0 amide bonds. The molecule has 0 saturated carbocycles. The molecule has 2 aromatic rings. The van der Waals surface area contributed by atoms with Crippen molar-refractivity contribution < 1.29 is 4.39 Å². The Morgan fingerprint density at radius 1 is 1.11 bits per heavy atom. The molecule has 0 aromatic heterocycles. The van der Waals surface area contributed by atoms with Crippen molar-refractivity contribution in [3.05, 3.63) is 63.9 Å².